The standard InChI is InChI=1S/C27H41BN4O6.ClH/c1-8-19(28-37-18-10-13-9-17(26(13,5)6)27(18,7)38-28)31-22(33)16-11-14(20(24(35)36)25(2,3)4)21-30-12-15(29)23(34)32(16)21;/h12-14,16-20H,8-11,29H2,1-7H3,(H,31,33)(H,35,36);1H/t13-,14?,16-,17-,18+,19-,20?,27-;/m0./s1. The van der Waals surface area contributed by atoms with Crippen LogP contribution in [-0.4, -0.2) is 51.3 Å². The summed E-state index contributed by atoms with van der Waals surface area (Å²) < 4.78 is 14.3. The van der Waals surface area contributed by atoms with Crippen molar-refractivity contribution in [2.45, 2.75) is 104 Å². The largest absolute Gasteiger partial charge is 0.481 e. The number of aromatic nitrogens is 2. The molecule has 3 saturated carbocycles. The minimum absolute atomic E-state index is 0. The van der Waals surface area contributed by atoms with Gasteiger partial charge in [-0.3, -0.25) is 19.0 Å². The highest BCUT2D eigenvalue weighted by molar-refractivity contribution is 6.47. The Hall–Kier alpha value is -2.11. The minimum Gasteiger partial charge on any atom is -0.481 e. The van der Waals surface area contributed by atoms with Crippen LogP contribution in [0, 0.1) is 28.6 Å². The topological polar surface area (TPSA) is 146 Å². The first-order chi connectivity index (χ1) is 17.6. The molecule has 1 aromatic rings. The Morgan fingerprint density at radius 3 is 2.51 bits per heavy atom. The van der Waals surface area contributed by atoms with Crippen molar-refractivity contribution < 1.29 is 24.0 Å². The van der Waals surface area contributed by atoms with Crippen LogP contribution in [0.3, 0.4) is 0 Å². The average Bonchev–Trinajstić information content (AvgIpc) is 3.36. The highest BCUT2D eigenvalue weighted by Crippen LogP contribution is 2.65. The van der Waals surface area contributed by atoms with E-state index in [0.717, 1.165) is 12.8 Å². The molecule has 0 spiro atoms. The summed E-state index contributed by atoms with van der Waals surface area (Å²) in [6.45, 7) is 14.2. The number of hydrogen-bond donors (Lipinski definition) is 3. The van der Waals surface area contributed by atoms with Crippen LogP contribution in [0.5, 0.6) is 0 Å². The lowest BCUT2D eigenvalue weighted by atomic mass is 9.43. The van der Waals surface area contributed by atoms with Gasteiger partial charge in [-0.25, -0.2) is 4.98 Å². The summed E-state index contributed by atoms with van der Waals surface area (Å²) in [6, 6.07) is -0.928. The summed E-state index contributed by atoms with van der Waals surface area (Å²) in [7, 11) is -0.595. The predicted molar refractivity (Wildman–Crippen MR) is 149 cm³/mol. The van der Waals surface area contributed by atoms with Crippen LogP contribution < -0.4 is 16.6 Å². The van der Waals surface area contributed by atoms with Crippen molar-refractivity contribution in [2.24, 2.45) is 28.6 Å². The second kappa shape index (κ2) is 9.77. The second-order valence-electron chi connectivity index (χ2n) is 13.6. The Balaban J connectivity index is 0.00000353. The van der Waals surface area contributed by atoms with Gasteiger partial charge >= 0.3 is 13.1 Å². The molecule has 0 radical (unpaired) electrons. The van der Waals surface area contributed by atoms with Crippen molar-refractivity contribution in [1.82, 2.24) is 14.9 Å². The first kappa shape index (κ1) is 29.9. The average molecular weight is 565 g/mol. The van der Waals surface area contributed by atoms with Gasteiger partial charge in [0, 0.05) is 5.92 Å². The van der Waals surface area contributed by atoms with E-state index in [-0.39, 0.29) is 47.8 Å². The third-order valence-corrected chi connectivity index (χ3v) is 10.1. The lowest BCUT2D eigenvalue weighted by Gasteiger charge is -2.64. The van der Waals surface area contributed by atoms with Crippen molar-refractivity contribution in [1.29, 1.82) is 0 Å². The van der Waals surface area contributed by atoms with Crippen LogP contribution in [0.15, 0.2) is 11.0 Å². The molecule has 39 heavy (non-hydrogen) atoms. The zero-order valence-electron chi connectivity index (χ0n) is 23.9. The first-order valence-electron chi connectivity index (χ1n) is 13.8. The number of nitrogen functional groups attached to an aromatic ring is 1. The number of carbonyl (C=O) groups excluding carboxylic acids is 1. The van der Waals surface area contributed by atoms with E-state index in [1.165, 1.54) is 10.8 Å². The van der Waals surface area contributed by atoms with Crippen LogP contribution >= 0.6 is 12.4 Å². The molecule has 12 heteroatoms. The summed E-state index contributed by atoms with van der Waals surface area (Å²) in [5.74, 6) is -1.96. The second-order valence-corrected chi connectivity index (χ2v) is 13.6. The van der Waals surface area contributed by atoms with Crippen molar-refractivity contribution in [3.05, 3.63) is 22.4 Å². The highest BCUT2D eigenvalue weighted by atomic mass is 35.5. The molecule has 1 amide bonds. The number of carboxylic acids is 1. The molecule has 2 bridgehead atoms. The quantitative estimate of drug-likeness (QED) is 0.447. The maximum Gasteiger partial charge on any atom is 0.481 e. The molecule has 0 aromatic carbocycles. The number of rotatable bonds is 6. The molecule has 3 heterocycles. The number of hydrogen-bond acceptors (Lipinski definition) is 7. The van der Waals surface area contributed by atoms with Gasteiger partial charge in [-0.2, -0.15) is 0 Å². The molecule has 5 aliphatic rings. The molecular weight excluding hydrogens is 523 g/mol. The van der Waals surface area contributed by atoms with E-state index in [4.69, 9.17) is 15.0 Å². The van der Waals surface area contributed by atoms with Crippen LogP contribution in [-0.2, 0) is 18.9 Å². The fourth-order valence-electron chi connectivity index (χ4n) is 7.89. The maximum atomic E-state index is 13.8. The minimum atomic E-state index is -0.988. The number of carbonyl (C=O) groups is 2. The fourth-order valence-corrected chi connectivity index (χ4v) is 7.89. The molecule has 8 atom stereocenters. The molecule has 10 nitrogen and oxygen atoms in total. The zero-order chi connectivity index (χ0) is 27.9. The smallest absolute Gasteiger partial charge is 0.481 e. The fraction of sp³-hybridized carbons (Fsp3) is 0.778. The van der Waals surface area contributed by atoms with E-state index in [2.05, 4.69) is 31.1 Å². The summed E-state index contributed by atoms with van der Waals surface area (Å²) in [5.41, 5.74) is 4.46. The highest BCUT2D eigenvalue weighted by Gasteiger charge is 2.68. The molecular formula is C27H42BClN4O6. The summed E-state index contributed by atoms with van der Waals surface area (Å²) in [4.78, 5) is 43.5. The van der Waals surface area contributed by atoms with E-state index in [1.807, 2.05) is 27.7 Å². The molecule has 2 unspecified atom stereocenters. The van der Waals surface area contributed by atoms with Gasteiger partial charge in [0.05, 0.1) is 29.8 Å². The lowest BCUT2D eigenvalue weighted by Crippen LogP contribution is -2.65. The van der Waals surface area contributed by atoms with E-state index in [1.54, 1.807) is 0 Å². The SMILES string of the molecule is CC[C@H](NC(=O)[C@@H]1CC(C(C(=O)O)C(C)(C)C)c2ncc(N)c(=O)n21)B1O[C@@H]2C[C@@H]3C[C@@H](C3(C)C)[C@]2(C)O1.Cl. The molecule has 1 saturated heterocycles. The Bertz CT molecular complexity index is 1220. The summed E-state index contributed by atoms with van der Waals surface area (Å²) in [5, 5.41) is 13.2. The molecule has 6 rings (SSSR count). The molecule has 3 aliphatic carbocycles. The van der Waals surface area contributed by atoms with Gasteiger partial charge in [0.25, 0.3) is 5.56 Å². The normalized spacial score (nSPS) is 33.7. The summed E-state index contributed by atoms with van der Waals surface area (Å²) in [6.07, 6.45) is 4.04. The Morgan fingerprint density at radius 1 is 1.28 bits per heavy atom. The van der Waals surface area contributed by atoms with E-state index in [9.17, 15) is 19.5 Å². The van der Waals surface area contributed by atoms with Crippen molar-refractivity contribution in [3.8, 4) is 0 Å². The number of nitrogens with one attached hydrogen (secondary N) is 1. The number of nitrogens with zero attached hydrogens (tertiary/aromatic N) is 2. The monoisotopic (exact) mass is 564 g/mol. The third kappa shape index (κ3) is 4.48. The lowest BCUT2D eigenvalue weighted by molar-refractivity contribution is -0.199. The molecule has 4 fully saturated rings. The number of nitrogens with two attached hydrogens (primary N) is 1. The Morgan fingerprint density at radius 2 is 1.95 bits per heavy atom. The first-order valence-corrected chi connectivity index (χ1v) is 13.8. The van der Waals surface area contributed by atoms with Crippen LogP contribution in [0.25, 0.3) is 0 Å². The molecule has 4 N–H and O–H groups in total. The Labute approximate surface area is 236 Å². The van der Waals surface area contributed by atoms with Crippen molar-refractivity contribution in [2.75, 3.05) is 5.73 Å². The Kier molecular flexibility index (Phi) is 7.48. The number of fused-ring (bicyclic) bond motifs is 1. The number of carboxylic acid groups (broad SMARTS) is 1. The number of anilines is 1. The molecule has 216 valence electrons. The van der Waals surface area contributed by atoms with Crippen LogP contribution in [0.1, 0.15) is 91.9 Å². The van der Waals surface area contributed by atoms with Crippen molar-refractivity contribution >= 4 is 37.1 Å². The zero-order valence-corrected chi connectivity index (χ0v) is 24.7. The predicted octanol–water partition coefficient (Wildman–Crippen LogP) is 3.18. The number of halogens is 1. The number of amides is 1. The van der Waals surface area contributed by atoms with Crippen LogP contribution in [0.4, 0.5) is 5.69 Å². The van der Waals surface area contributed by atoms with E-state index in [0.29, 0.717) is 18.3 Å². The van der Waals surface area contributed by atoms with Gasteiger partial charge in [0.2, 0.25) is 5.91 Å². The van der Waals surface area contributed by atoms with Crippen LogP contribution in [0.2, 0.25) is 0 Å². The van der Waals surface area contributed by atoms with Gasteiger partial charge in [-0.1, -0.05) is 41.5 Å². The van der Waals surface area contributed by atoms with E-state index >= 15 is 0 Å². The maximum absolute atomic E-state index is 13.8. The van der Waals surface area contributed by atoms with Gasteiger partial charge < -0.3 is 25.5 Å². The number of aliphatic carboxylic acids is 1. The van der Waals surface area contributed by atoms with Gasteiger partial charge in [0.1, 0.15) is 17.6 Å². The van der Waals surface area contributed by atoms with Gasteiger partial charge in [0.15, 0.2) is 0 Å². The molecule has 1 aromatic heterocycles. The van der Waals surface area contributed by atoms with E-state index < -0.39 is 53.5 Å². The van der Waals surface area contributed by atoms with Gasteiger partial charge in [-0.05, 0) is 55.3 Å². The summed E-state index contributed by atoms with van der Waals surface area (Å²) >= 11 is 0. The van der Waals surface area contributed by atoms with Gasteiger partial charge in [-0.15, -0.1) is 12.4 Å². The third-order valence-electron chi connectivity index (χ3n) is 10.1. The van der Waals surface area contributed by atoms with Crippen molar-refractivity contribution in [3.63, 3.8) is 0 Å². The molecule has 2 aliphatic heterocycles.